The third-order valence-electron chi connectivity index (χ3n) is 8.20. The van der Waals surface area contributed by atoms with E-state index in [1.807, 2.05) is 27.7 Å². The summed E-state index contributed by atoms with van der Waals surface area (Å²) in [5.74, 6) is -2.67. The first-order valence-electron chi connectivity index (χ1n) is 14.0. The van der Waals surface area contributed by atoms with Gasteiger partial charge in [-0.05, 0) is 44.4 Å². The molecular formula is C30H47BrN2O6. The minimum absolute atomic E-state index is 0.0235. The number of alkyl halides is 1. The summed E-state index contributed by atoms with van der Waals surface area (Å²) >= 11 is 3.69. The highest BCUT2D eigenvalue weighted by atomic mass is 79.9. The molecule has 3 unspecified atom stereocenters. The second kappa shape index (κ2) is 11.6. The Labute approximate surface area is 242 Å². The zero-order chi connectivity index (χ0) is 29.5. The highest BCUT2D eigenvalue weighted by Crippen LogP contribution is 2.61. The lowest BCUT2D eigenvalue weighted by molar-refractivity contribution is -0.157. The Morgan fingerprint density at radius 1 is 1.26 bits per heavy atom. The van der Waals surface area contributed by atoms with Gasteiger partial charge in [0.25, 0.3) is 0 Å². The van der Waals surface area contributed by atoms with Crippen LogP contribution in [0.25, 0.3) is 0 Å². The molecule has 0 aromatic carbocycles. The summed E-state index contributed by atoms with van der Waals surface area (Å²) in [5.41, 5.74) is -1.84. The largest absolute Gasteiger partial charge is 0.461 e. The molecule has 7 atom stereocenters. The molecular weight excluding hydrogens is 564 g/mol. The summed E-state index contributed by atoms with van der Waals surface area (Å²) in [7, 11) is 0. The molecule has 9 heteroatoms. The monoisotopic (exact) mass is 610 g/mol. The van der Waals surface area contributed by atoms with E-state index in [9.17, 15) is 19.5 Å². The molecule has 3 saturated heterocycles. The summed E-state index contributed by atoms with van der Waals surface area (Å²) in [4.78, 5) is 45.5. The van der Waals surface area contributed by atoms with Gasteiger partial charge in [-0.1, -0.05) is 69.3 Å². The SMILES string of the molecule is C=CCOC(=O)[C@H]1[C@H]2C(=O)N([C@@H](CO)CC(C)C)C(C(=O)N(CC=C)C(C)(C)CC(C)(C)C)C23CC(Br)[C@@H]1O3. The van der Waals surface area contributed by atoms with Crippen LogP contribution in [0, 0.1) is 23.2 Å². The van der Waals surface area contributed by atoms with Crippen molar-refractivity contribution in [3.8, 4) is 0 Å². The van der Waals surface area contributed by atoms with Gasteiger partial charge in [0.1, 0.15) is 18.2 Å². The number of aliphatic hydroxyl groups excluding tert-OH is 1. The van der Waals surface area contributed by atoms with Gasteiger partial charge in [0.05, 0.1) is 30.6 Å². The Bertz CT molecular complexity index is 975. The molecule has 8 nitrogen and oxygen atoms in total. The normalized spacial score (nSPS) is 30.9. The third-order valence-corrected chi connectivity index (χ3v) is 9.04. The smallest absolute Gasteiger partial charge is 0.312 e. The Morgan fingerprint density at radius 2 is 1.90 bits per heavy atom. The Kier molecular flexibility index (Phi) is 9.50. The second-order valence-corrected chi connectivity index (χ2v) is 14.8. The minimum Gasteiger partial charge on any atom is -0.461 e. The maximum absolute atomic E-state index is 14.8. The van der Waals surface area contributed by atoms with Crippen LogP contribution in [0.5, 0.6) is 0 Å². The first-order chi connectivity index (χ1) is 18.1. The number of fused-ring (bicyclic) bond motifs is 1. The van der Waals surface area contributed by atoms with Crippen molar-refractivity contribution in [2.45, 2.75) is 102 Å². The Balaban J connectivity index is 2.17. The number of amides is 2. The van der Waals surface area contributed by atoms with Crippen molar-refractivity contribution in [2.75, 3.05) is 19.8 Å². The molecule has 3 aliphatic heterocycles. The summed E-state index contributed by atoms with van der Waals surface area (Å²) in [6.07, 6.45) is 4.21. The van der Waals surface area contributed by atoms with Crippen LogP contribution in [0.1, 0.15) is 67.7 Å². The zero-order valence-electron chi connectivity index (χ0n) is 24.6. The van der Waals surface area contributed by atoms with E-state index in [2.05, 4.69) is 49.9 Å². The van der Waals surface area contributed by atoms with Gasteiger partial charge in [-0.15, -0.1) is 6.58 Å². The zero-order valence-corrected chi connectivity index (χ0v) is 26.2. The summed E-state index contributed by atoms with van der Waals surface area (Å²) in [6.45, 7) is 22.0. The van der Waals surface area contributed by atoms with Crippen molar-refractivity contribution in [3.05, 3.63) is 25.3 Å². The molecule has 2 bridgehead atoms. The lowest BCUT2D eigenvalue weighted by Gasteiger charge is -2.46. The Hall–Kier alpha value is -1.71. The van der Waals surface area contributed by atoms with Gasteiger partial charge in [-0.3, -0.25) is 14.4 Å². The molecule has 2 amide bonds. The maximum atomic E-state index is 14.8. The van der Waals surface area contributed by atoms with Crippen molar-refractivity contribution in [3.63, 3.8) is 0 Å². The first-order valence-corrected chi connectivity index (χ1v) is 14.9. The number of hydrogen-bond donors (Lipinski definition) is 1. The van der Waals surface area contributed by atoms with E-state index >= 15 is 0 Å². The number of carbonyl (C=O) groups excluding carboxylic acids is 3. The van der Waals surface area contributed by atoms with Crippen LogP contribution < -0.4 is 0 Å². The highest BCUT2D eigenvalue weighted by molar-refractivity contribution is 9.09. The molecule has 3 fully saturated rings. The molecule has 0 saturated carbocycles. The predicted octanol–water partition coefficient (Wildman–Crippen LogP) is 4.10. The van der Waals surface area contributed by atoms with Crippen LogP contribution in [0.2, 0.25) is 0 Å². The number of hydrogen-bond acceptors (Lipinski definition) is 6. The summed E-state index contributed by atoms with van der Waals surface area (Å²) < 4.78 is 12.0. The predicted molar refractivity (Wildman–Crippen MR) is 154 cm³/mol. The molecule has 0 radical (unpaired) electrons. The fourth-order valence-electron chi connectivity index (χ4n) is 7.37. The number of nitrogens with zero attached hydrogens (tertiary/aromatic N) is 2. The quantitative estimate of drug-likeness (QED) is 0.203. The van der Waals surface area contributed by atoms with Crippen molar-refractivity contribution < 1.29 is 29.0 Å². The Morgan fingerprint density at radius 3 is 2.41 bits per heavy atom. The van der Waals surface area contributed by atoms with Crippen LogP contribution in [-0.2, 0) is 23.9 Å². The molecule has 3 aliphatic rings. The molecule has 0 aliphatic carbocycles. The van der Waals surface area contributed by atoms with E-state index < -0.39 is 47.1 Å². The fourth-order valence-corrected chi connectivity index (χ4v) is 8.32. The van der Waals surface area contributed by atoms with Crippen LogP contribution in [-0.4, -0.2) is 86.6 Å². The second-order valence-electron chi connectivity index (χ2n) is 13.6. The van der Waals surface area contributed by atoms with E-state index in [1.54, 1.807) is 15.9 Å². The molecule has 0 aromatic heterocycles. The van der Waals surface area contributed by atoms with Gasteiger partial charge in [-0.25, -0.2) is 0 Å². The van der Waals surface area contributed by atoms with E-state index in [1.165, 1.54) is 6.08 Å². The van der Waals surface area contributed by atoms with E-state index in [4.69, 9.17) is 9.47 Å². The van der Waals surface area contributed by atoms with Crippen LogP contribution >= 0.6 is 15.9 Å². The molecule has 3 heterocycles. The number of likely N-dealkylation sites (tertiary alicyclic amines) is 1. The molecule has 39 heavy (non-hydrogen) atoms. The number of aliphatic hydroxyl groups is 1. The summed E-state index contributed by atoms with van der Waals surface area (Å²) in [5, 5.41) is 10.5. The van der Waals surface area contributed by atoms with E-state index in [-0.39, 0.29) is 41.2 Å². The molecule has 220 valence electrons. The number of rotatable bonds is 12. The highest BCUT2D eigenvalue weighted by Gasteiger charge is 2.77. The third kappa shape index (κ3) is 5.87. The topological polar surface area (TPSA) is 96.4 Å². The van der Waals surface area contributed by atoms with Crippen molar-refractivity contribution in [2.24, 2.45) is 23.2 Å². The average Bonchev–Trinajstić information content (AvgIpc) is 3.40. The van der Waals surface area contributed by atoms with E-state index in [0.29, 0.717) is 25.8 Å². The first kappa shape index (κ1) is 31.8. The lowest BCUT2D eigenvalue weighted by atomic mass is 9.70. The number of carbonyl (C=O) groups is 3. The lowest BCUT2D eigenvalue weighted by Crippen LogP contribution is -2.62. The van der Waals surface area contributed by atoms with Gasteiger partial charge in [0, 0.05) is 16.9 Å². The molecule has 3 rings (SSSR count). The molecule has 0 aromatic rings. The standard InChI is InChI=1S/C30H47BrN2O6/c1-10-12-32(29(8,9)17-28(5,6)7)26(36)24-30-15-20(31)23(39-30)21(27(37)38-13-11-2)22(30)25(35)33(24)19(16-34)14-18(3)4/h10-11,18-24,34H,1-2,12-17H2,3-9H3/t19-,20?,21+,22+,23+,24?,30?/m1/s1. The fraction of sp³-hybridized carbons (Fsp3) is 0.767. The number of ether oxygens (including phenoxy) is 2. The number of esters is 1. The molecule has 1 spiro atoms. The van der Waals surface area contributed by atoms with Gasteiger partial charge in [-0.2, -0.15) is 0 Å². The van der Waals surface area contributed by atoms with Gasteiger partial charge >= 0.3 is 5.97 Å². The molecule has 1 N–H and O–H groups in total. The minimum atomic E-state index is -1.22. The van der Waals surface area contributed by atoms with Crippen LogP contribution in [0.4, 0.5) is 0 Å². The average molecular weight is 612 g/mol. The van der Waals surface area contributed by atoms with Crippen molar-refractivity contribution in [1.82, 2.24) is 9.80 Å². The van der Waals surface area contributed by atoms with Crippen molar-refractivity contribution >= 4 is 33.7 Å². The maximum Gasteiger partial charge on any atom is 0.312 e. The van der Waals surface area contributed by atoms with Gasteiger partial charge < -0.3 is 24.4 Å². The van der Waals surface area contributed by atoms with Crippen molar-refractivity contribution in [1.29, 1.82) is 0 Å². The number of halogens is 1. The van der Waals surface area contributed by atoms with Crippen LogP contribution in [0.3, 0.4) is 0 Å². The summed E-state index contributed by atoms with van der Waals surface area (Å²) in [6, 6.07) is -1.59. The van der Waals surface area contributed by atoms with E-state index in [0.717, 1.165) is 0 Å². The van der Waals surface area contributed by atoms with Gasteiger partial charge in [0.15, 0.2) is 0 Å². The van der Waals surface area contributed by atoms with Gasteiger partial charge in [0.2, 0.25) is 11.8 Å². The van der Waals surface area contributed by atoms with Crippen LogP contribution in [0.15, 0.2) is 25.3 Å².